The first-order valence-electron chi connectivity index (χ1n) is 4.88. The quantitative estimate of drug-likeness (QED) is 0.671. The van der Waals surface area contributed by atoms with E-state index >= 15 is 0 Å². The minimum atomic E-state index is -2.11. The fraction of sp³-hybridized carbons (Fsp3) is 1.00. The largest absolute Gasteiger partial charge is 0.397 e. The Kier molecular flexibility index (Phi) is 5.79. The number of hydrogen-bond acceptors (Lipinski definition) is 3. The van der Waals surface area contributed by atoms with Crippen molar-refractivity contribution < 1.29 is 8.85 Å². The summed E-state index contributed by atoms with van der Waals surface area (Å²) in [7, 11) is 1.31. The van der Waals surface area contributed by atoms with Crippen LogP contribution in [0.3, 0.4) is 0 Å². The normalized spacial score (nSPS) is 15.0. The maximum absolute atomic E-state index is 6.10. The summed E-state index contributed by atoms with van der Waals surface area (Å²) >= 11 is 0. The third-order valence-electron chi connectivity index (χ3n) is 2.47. The van der Waals surface area contributed by atoms with E-state index < -0.39 is 8.56 Å². The minimum Gasteiger partial charge on any atom is -0.397 e. The Bertz CT molecular complexity index is 129. The fourth-order valence-electron chi connectivity index (χ4n) is 1.62. The topological polar surface area (TPSA) is 44.5 Å². The van der Waals surface area contributed by atoms with Gasteiger partial charge in [0.05, 0.1) is 0 Å². The standard InChI is InChI=1S/C9H23NO2Si/c1-6-13(11-4,12-5)9(10)7-8(2)3/h8-9H,6-7,10H2,1-5H3. The van der Waals surface area contributed by atoms with Gasteiger partial charge in [0.25, 0.3) is 0 Å². The highest BCUT2D eigenvalue weighted by molar-refractivity contribution is 6.68. The van der Waals surface area contributed by atoms with Crippen LogP contribution in [0.5, 0.6) is 0 Å². The van der Waals surface area contributed by atoms with E-state index in [1.807, 2.05) is 0 Å². The second-order valence-corrected chi connectivity index (χ2v) is 7.70. The molecule has 0 aromatic rings. The van der Waals surface area contributed by atoms with Crippen molar-refractivity contribution in [2.75, 3.05) is 14.2 Å². The molecule has 3 nitrogen and oxygen atoms in total. The summed E-state index contributed by atoms with van der Waals surface area (Å²) < 4.78 is 11.0. The van der Waals surface area contributed by atoms with E-state index in [0.29, 0.717) is 5.92 Å². The van der Waals surface area contributed by atoms with E-state index in [0.717, 1.165) is 12.5 Å². The van der Waals surface area contributed by atoms with Crippen molar-refractivity contribution >= 4 is 8.56 Å². The zero-order chi connectivity index (χ0) is 10.5. The molecule has 0 saturated heterocycles. The minimum absolute atomic E-state index is 0.0764. The van der Waals surface area contributed by atoms with Crippen LogP contribution >= 0.6 is 0 Å². The Balaban J connectivity index is 4.34. The number of nitrogens with two attached hydrogens (primary N) is 1. The first-order valence-corrected chi connectivity index (χ1v) is 6.98. The Labute approximate surface area is 82.9 Å². The molecule has 80 valence electrons. The molecule has 0 amide bonds. The van der Waals surface area contributed by atoms with Crippen LogP contribution in [0.4, 0.5) is 0 Å². The van der Waals surface area contributed by atoms with Crippen LogP contribution in [0.25, 0.3) is 0 Å². The van der Waals surface area contributed by atoms with Gasteiger partial charge in [0.1, 0.15) is 0 Å². The molecule has 0 heterocycles. The molecule has 0 aliphatic carbocycles. The summed E-state index contributed by atoms with van der Waals surface area (Å²) in [5, 5.41) is 0. The van der Waals surface area contributed by atoms with E-state index in [1.54, 1.807) is 14.2 Å². The maximum Gasteiger partial charge on any atom is 0.354 e. The predicted octanol–water partition coefficient (Wildman–Crippen LogP) is 1.65. The molecule has 1 atom stereocenters. The van der Waals surface area contributed by atoms with Gasteiger partial charge in [0.2, 0.25) is 0 Å². The van der Waals surface area contributed by atoms with Crippen molar-refractivity contribution in [1.82, 2.24) is 0 Å². The highest BCUT2D eigenvalue weighted by Gasteiger charge is 2.40. The maximum atomic E-state index is 6.10. The van der Waals surface area contributed by atoms with Gasteiger partial charge in [0.15, 0.2) is 0 Å². The first kappa shape index (κ1) is 13.1. The van der Waals surface area contributed by atoms with E-state index in [2.05, 4.69) is 20.8 Å². The second kappa shape index (κ2) is 5.75. The van der Waals surface area contributed by atoms with Crippen LogP contribution < -0.4 is 5.73 Å². The molecule has 0 aromatic heterocycles. The molecular formula is C9H23NO2Si. The van der Waals surface area contributed by atoms with Crippen LogP contribution in [-0.2, 0) is 8.85 Å². The third kappa shape index (κ3) is 3.38. The number of rotatable bonds is 6. The van der Waals surface area contributed by atoms with Crippen LogP contribution in [0, 0.1) is 5.92 Å². The summed E-state index contributed by atoms with van der Waals surface area (Å²) in [4.78, 5) is 0. The zero-order valence-corrected chi connectivity index (χ0v) is 10.5. The Morgan fingerprint density at radius 1 is 1.23 bits per heavy atom. The van der Waals surface area contributed by atoms with Crippen molar-refractivity contribution in [1.29, 1.82) is 0 Å². The van der Waals surface area contributed by atoms with Crippen molar-refractivity contribution in [2.24, 2.45) is 11.7 Å². The van der Waals surface area contributed by atoms with Gasteiger partial charge >= 0.3 is 8.56 Å². The van der Waals surface area contributed by atoms with Gasteiger partial charge in [-0.05, 0) is 18.4 Å². The molecule has 0 fully saturated rings. The zero-order valence-electron chi connectivity index (χ0n) is 9.46. The van der Waals surface area contributed by atoms with Gasteiger partial charge < -0.3 is 14.6 Å². The van der Waals surface area contributed by atoms with Gasteiger partial charge in [-0.1, -0.05) is 20.8 Å². The number of hydrogen-bond donors (Lipinski definition) is 1. The smallest absolute Gasteiger partial charge is 0.354 e. The molecule has 0 aromatic carbocycles. The molecule has 0 rings (SSSR count). The van der Waals surface area contributed by atoms with E-state index in [-0.39, 0.29) is 5.67 Å². The molecule has 0 spiro atoms. The second-order valence-electron chi connectivity index (χ2n) is 3.81. The summed E-state index contributed by atoms with van der Waals surface area (Å²) in [6, 6.07) is 0.911. The lowest BCUT2D eigenvalue weighted by Gasteiger charge is -2.32. The average molecular weight is 205 g/mol. The summed E-state index contributed by atoms with van der Waals surface area (Å²) in [5.41, 5.74) is 6.17. The molecule has 0 bridgehead atoms. The molecule has 0 aliphatic rings. The van der Waals surface area contributed by atoms with Crippen molar-refractivity contribution in [3.8, 4) is 0 Å². The van der Waals surface area contributed by atoms with Gasteiger partial charge in [-0.15, -0.1) is 0 Å². The van der Waals surface area contributed by atoms with Crippen LogP contribution in [0.2, 0.25) is 6.04 Å². The van der Waals surface area contributed by atoms with Gasteiger partial charge in [-0.25, -0.2) is 0 Å². The highest BCUT2D eigenvalue weighted by atomic mass is 28.4. The van der Waals surface area contributed by atoms with E-state index in [1.165, 1.54) is 0 Å². The van der Waals surface area contributed by atoms with E-state index in [9.17, 15) is 0 Å². The molecule has 4 heteroatoms. The van der Waals surface area contributed by atoms with Crippen molar-refractivity contribution in [3.63, 3.8) is 0 Å². The first-order chi connectivity index (χ1) is 6.02. The molecule has 0 saturated carbocycles. The Hall–Kier alpha value is 0.0969. The SMILES string of the molecule is CC[Si](OC)(OC)C(N)CC(C)C. The molecular weight excluding hydrogens is 182 g/mol. The Morgan fingerprint density at radius 2 is 1.69 bits per heavy atom. The third-order valence-corrected chi connectivity index (χ3v) is 6.21. The van der Waals surface area contributed by atoms with Gasteiger partial charge in [-0.3, -0.25) is 0 Å². The molecule has 2 N–H and O–H groups in total. The monoisotopic (exact) mass is 205 g/mol. The molecule has 1 unspecified atom stereocenters. The average Bonchev–Trinajstić information content (AvgIpc) is 2.07. The van der Waals surface area contributed by atoms with E-state index in [4.69, 9.17) is 14.6 Å². The van der Waals surface area contributed by atoms with Gasteiger partial charge in [0, 0.05) is 19.9 Å². The predicted molar refractivity (Wildman–Crippen MR) is 57.7 cm³/mol. The lowest BCUT2D eigenvalue weighted by Crippen LogP contribution is -2.56. The summed E-state index contributed by atoms with van der Waals surface area (Å²) in [6.07, 6.45) is 0.974. The van der Waals surface area contributed by atoms with Crippen LogP contribution in [0.1, 0.15) is 27.2 Å². The Morgan fingerprint density at radius 3 is 1.92 bits per heavy atom. The lowest BCUT2D eigenvalue weighted by atomic mass is 10.1. The summed E-state index contributed by atoms with van der Waals surface area (Å²) in [5.74, 6) is 0.596. The van der Waals surface area contributed by atoms with Crippen molar-refractivity contribution in [2.45, 2.75) is 38.9 Å². The summed E-state index contributed by atoms with van der Waals surface area (Å²) in [6.45, 7) is 6.42. The lowest BCUT2D eigenvalue weighted by molar-refractivity contribution is 0.225. The fourth-order valence-corrected chi connectivity index (χ4v) is 4.33. The van der Waals surface area contributed by atoms with Crippen molar-refractivity contribution in [3.05, 3.63) is 0 Å². The van der Waals surface area contributed by atoms with Gasteiger partial charge in [-0.2, -0.15) is 0 Å². The molecule has 0 radical (unpaired) electrons. The molecule has 13 heavy (non-hydrogen) atoms. The van der Waals surface area contributed by atoms with Crippen LogP contribution in [-0.4, -0.2) is 28.4 Å². The molecule has 0 aliphatic heterocycles. The highest BCUT2D eigenvalue weighted by Crippen LogP contribution is 2.19. The van der Waals surface area contributed by atoms with Crippen LogP contribution in [0.15, 0.2) is 0 Å².